The number of hydrogen-bond acceptors (Lipinski definition) is 3. The van der Waals surface area contributed by atoms with Crippen LogP contribution in [0.2, 0.25) is 0 Å². The van der Waals surface area contributed by atoms with E-state index in [-0.39, 0.29) is 0 Å². The molecule has 1 saturated heterocycles. The Labute approximate surface area is 81.1 Å². The van der Waals surface area contributed by atoms with E-state index in [4.69, 9.17) is 0 Å². The van der Waals surface area contributed by atoms with Gasteiger partial charge in [0.15, 0.2) is 0 Å². The first-order chi connectivity index (χ1) is 5.97. The molecule has 78 valence electrons. The molecule has 1 rings (SSSR count). The maximum atomic E-state index is 9.57. The van der Waals surface area contributed by atoms with Gasteiger partial charge in [-0.25, -0.2) is 0 Å². The second-order valence-electron chi connectivity index (χ2n) is 4.72. The summed E-state index contributed by atoms with van der Waals surface area (Å²) in [6, 6.07) is 0.593. The zero-order valence-corrected chi connectivity index (χ0v) is 9.01. The van der Waals surface area contributed by atoms with Crippen molar-refractivity contribution >= 4 is 0 Å². The van der Waals surface area contributed by atoms with Crippen molar-refractivity contribution in [3.8, 4) is 0 Å². The Hall–Kier alpha value is -0.120. The lowest BCUT2D eigenvalue weighted by Crippen LogP contribution is -2.50. The number of rotatable bonds is 3. The van der Waals surface area contributed by atoms with E-state index < -0.39 is 5.60 Å². The molecule has 0 radical (unpaired) electrons. The van der Waals surface area contributed by atoms with Crippen LogP contribution in [0.25, 0.3) is 0 Å². The first-order valence-corrected chi connectivity index (χ1v) is 5.15. The quantitative estimate of drug-likeness (QED) is 0.671. The SMILES string of the molecule is C[C@@H]1CN(CCC(C)(C)O)CCN1. The molecular formula is C10H22N2O. The molecule has 3 heteroatoms. The van der Waals surface area contributed by atoms with Crippen molar-refractivity contribution in [2.24, 2.45) is 0 Å². The van der Waals surface area contributed by atoms with Crippen molar-refractivity contribution < 1.29 is 5.11 Å². The Morgan fingerprint density at radius 3 is 2.77 bits per heavy atom. The molecule has 1 atom stereocenters. The maximum Gasteiger partial charge on any atom is 0.0603 e. The maximum absolute atomic E-state index is 9.57. The minimum Gasteiger partial charge on any atom is -0.390 e. The summed E-state index contributed by atoms with van der Waals surface area (Å²) in [5.74, 6) is 0. The van der Waals surface area contributed by atoms with Crippen LogP contribution in [0, 0.1) is 0 Å². The summed E-state index contributed by atoms with van der Waals surface area (Å²) in [4.78, 5) is 2.42. The number of piperazine rings is 1. The van der Waals surface area contributed by atoms with Gasteiger partial charge in [-0.05, 0) is 27.2 Å². The van der Waals surface area contributed by atoms with Crippen LogP contribution >= 0.6 is 0 Å². The summed E-state index contributed by atoms with van der Waals surface area (Å²) < 4.78 is 0. The topological polar surface area (TPSA) is 35.5 Å². The standard InChI is InChI=1S/C10H22N2O/c1-9-8-12(7-5-11-9)6-4-10(2,3)13/h9,11,13H,4-8H2,1-3H3/t9-/m1/s1. The molecule has 0 aromatic carbocycles. The van der Waals surface area contributed by atoms with E-state index in [1.54, 1.807) is 0 Å². The Balaban J connectivity index is 2.21. The second-order valence-corrected chi connectivity index (χ2v) is 4.72. The van der Waals surface area contributed by atoms with Gasteiger partial charge in [-0.2, -0.15) is 0 Å². The van der Waals surface area contributed by atoms with Gasteiger partial charge >= 0.3 is 0 Å². The minimum atomic E-state index is -0.520. The molecule has 1 heterocycles. The van der Waals surface area contributed by atoms with E-state index in [2.05, 4.69) is 17.1 Å². The largest absolute Gasteiger partial charge is 0.390 e. The monoisotopic (exact) mass is 186 g/mol. The van der Waals surface area contributed by atoms with Crippen LogP contribution in [-0.4, -0.2) is 47.8 Å². The van der Waals surface area contributed by atoms with Gasteiger partial charge in [-0.1, -0.05) is 0 Å². The Bertz CT molecular complexity index is 153. The first kappa shape index (κ1) is 11.0. The highest BCUT2D eigenvalue weighted by Gasteiger charge is 2.18. The lowest BCUT2D eigenvalue weighted by atomic mass is 10.1. The van der Waals surface area contributed by atoms with Gasteiger partial charge in [-0.3, -0.25) is 0 Å². The fourth-order valence-electron chi connectivity index (χ4n) is 1.65. The van der Waals surface area contributed by atoms with E-state index in [0.29, 0.717) is 6.04 Å². The molecule has 0 unspecified atom stereocenters. The highest BCUT2D eigenvalue weighted by Crippen LogP contribution is 2.09. The van der Waals surface area contributed by atoms with Crippen LogP contribution in [0.3, 0.4) is 0 Å². The molecule has 0 aliphatic carbocycles. The minimum absolute atomic E-state index is 0.520. The fraction of sp³-hybridized carbons (Fsp3) is 1.00. The van der Waals surface area contributed by atoms with Crippen LogP contribution in [0.1, 0.15) is 27.2 Å². The molecule has 0 aromatic heterocycles. The van der Waals surface area contributed by atoms with Gasteiger partial charge in [0.2, 0.25) is 0 Å². The Morgan fingerprint density at radius 1 is 1.54 bits per heavy atom. The molecule has 1 aliphatic rings. The second kappa shape index (κ2) is 4.40. The normalized spacial score (nSPS) is 26.3. The van der Waals surface area contributed by atoms with Crippen LogP contribution < -0.4 is 5.32 Å². The van der Waals surface area contributed by atoms with Gasteiger partial charge in [0.1, 0.15) is 0 Å². The lowest BCUT2D eigenvalue weighted by molar-refractivity contribution is 0.0537. The molecule has 3 nitrogen and oxygen atoms in total. The van der Waals surface area contributed by atoms with Crippen molar-refractivity contribution in [2.45, 2.75) is 38.8 Å². The summed E-state index contributed by atoms with van der Waals surface area (Å²) in [5.41, 5.74) is -0.520. The van der Waals surface area contributed by atoms with Crippen molar-refractivity contribution in [1.29, 1.82) is 0 Å². The van der Waals surface area contributed by atoms with Crippen molar-refractivity contribution in [1.82, 2.24) is 10.2 Å². The molecule has 0 amide bonds. The van der Waals surface area contributed by atoms with Gasteiger partial charge in [-0.15, -0.1) is 0 Å². The number of aliphatic hydroxyl groups is 1. The van der Waals surface area contributed by atoms with E-state index in [9.17, 15) is 5.11 Å². The van der Waals surface area contributed by atoms with Gasteiger partial charge < -0.3 is 15.3 Å². The molecule has 1 fully saturated rings. The molecule has 0 bridgehead atoms. The van der Waals surface area contributed by atoms with E-state index in [1.165, 1.54) is 0 Å². The summed E-state index contributed by atoms with van der Waals surface area (Å²) in [6.45, 7) is 10.3. The van der Waals surface area contributed by atoms with Crippen molar-refractivity contribution in [3.05, 3.63) is 0 Å². The predicted molar refractivity (Wildman–Crippen MR) is 54.8 cm³/mol. The summed E-state index contributed by atoms with van der Waals surface area (Å²) in [7, 11) is 0. The van der Waals surface area contributed by atoms with Crippen molar-refractivity contribution in [2.75, 3.05) is 26.2 Å². The molecule has 2 N–H and O–H groups in total. The summed E-state index contributed by atoms with van der Waals surface area (Å²) in [6.07, 6.45) is 0.861. The summed E-state index contributed by atoms with van der Waals surface area (Å²) >= 11 is 0. The van der Waals surface area contributed by atoms with Crippen LogP contribution in [0.4, 0.5) is 0 Å². The van der Waals surface area contributed by atoms with Crippen LogP contribution in [0.5, 0.6) is 0 Å². The molecule has 0 aromatic rings. The Morgan fingerprint density at radius 2 is 2.23 bits per heavy atom. The highest BCUT2D eigenvalue weighted by molar-refractivity contribution is 4.77. The van der Waals surface area contributed by atoms with Crippen LogP contribution in [-0.2, 0) is 0 Å². The lowest BCUT2D eigenvalue weighted by Gasteiger charge is -2.33. The zero-order valence-electron chi connectivity index (χ0n) is 9.01. The van der Waals surface area contributed by atoms with Crippen molar-refractivity contribution in [3.63, 3.8) is 0 Å². The van der Waals surface area contributed by atoms with Gasteiger partial charge in [0.05, 0.1) is 5.60 Å². The third-order valence-corrected chi connectivity index (χ3v) is 2.49. The predicted octanol–water partition coefficient (Wildman–Crippen LogP) is 0.441. The molecule has 1 aliphatic heterocycles. The van der Waals surface area contributed by atoms with Gasteiger partial charge in [0.25, 0.3) is 0 Å². The van der Waals surface area contributed by atoms with E-state index >= 15 is 0 Å². The van der Waals surface area contributed by atoms with E-state index in [1.807, 2.05) is 13.8 Å². The third-order valence-electron chi connectivity index (χ3n) is 2.49. The smallest absolute Gasteiger partial charge is 0.0603 e. The third kappa shape index (κ3) is 4.60. The molecule has 0 saturated carbocycles. The molecule has 13 heavy (non-hydrogen) atoms. The number of nitrogens with zero attached hydrogens (tertiary/aromatic N) is 1. The fourth-order valence-corrected chi connectivity index (χ4v) is 1.65. The average Bonchev–Trinajstić information content (AvgIpc) is 2.00. The molecule has 0 spiro atoms. The summed E-state index contributed by atoms with van der Waals surface area (Å²) in [5, 5.41) is 13.0. The number of hydrogen-bond donors (Lipinski definition) is 2. The van der Waals surface area contributed by atoms with E-state index in [0.717, 1.165) is 32.6 Å². The average molecular weight is 186 g/mol. The van der Waals surface area contributed by atoms with Gasteiger partial charge in [0, 0.05) is 32.2 Å². The zero-order chi connectivity index (χ0) is 9.90. The molecular weight excluding hydrogens is 164 g/mol. The first-order valence-electron chi connectivity index (χ1n) is 5.15. The highest BCUT2D eigenvalue weighted by atomic mass is 16.3. The number of nitrogens with one attached hydrogen (secondary N) is 1. The van der Waals surface area contributed by atoms with Crippen LogP contribution in [0.15, 0.2) is 0 Å². The Kier molecular flexibility index (Phi) is 3.71.